The average Bonchev–Trinajstić information content (AvgIpc) is 3.25. The molecule has 1 aliphatic heterocycles. The first kappa shape index (κ1) is 31.9. The van der Waals surface area contributed by atoms with Crippen LogP contribution in [0.2, 0.25) is 0 Å². The van der Waals surface area contributed by atoms with E-state index in [-0.39, 0.29) is 17.2 Å². The monoisotopic (exact) mass is 562 g/mol. The molecule has 226 valence electrons. The second-order valence-electron chi connectivity index (χ2n) is 14.8. The van der Waals surface area contributed by atoms with Crippen LogP contribution >= 0.6 is 0 Å². The Kier molecular flexibility index (Phi) is 9.31. The molecule has 3 fully saturated rings. The number of ketones is 1. The van der Waals surface area contributed by atoms with Crippen LogP contribution in [0.3, 0.4) is 0 Å². The number of amides is 4. The van der Waals surface area contributed by atoms with Crippen molar-refractivity contribution in [1.29, 1.82) is 0 Å². The summed E-state index contributed by atoms with van der Waals surface area (Å²) in [5, 5.41) is 5.56. The molecule has 4 unspecified atom stereocenters. The molecule has 1 heterocycles. The molecular formula is C30H50N4O6. The first-order valence-electron chi connectivity index (χ1n) is 14.8. The van der Waals surface area contributed by atoms with Gasteiger partial charge >= 0.3 is 6.09 Å². The minimum atomic E-state index is -1.08. The van der Waals surface area contributed by atoms with Crippen molar-refractivity contribution in [3.8, 4) is 0 Å². The van der Waals surface area contributed by atoms with E-state index in [4.69, 9.17) is 10.5 Å². The normalized spacial score (nSPS) is 26.2. The molecule has 2 saturated carbocycles. The fraction of sp³-hybridized carbons (Fsp3) is 0.833. The van der Waals surface area contributed by atoms with Crippen molar-refractivity contribution in [3.05, 3.63) is 0 Å². The fourth-order valence-electron chi connectivity index (χ4n) is 6.23. The third-order valence-electron chi connectivity index (χ3n) is 8.61. The highest BCUT2D eigenvalue weighted by Crippen LogP contribution is 2.62. The smallest absolute Gasteiger partial charge is 0.408 e. The van der Waals surface area contributed by atoms with E-state index in [0.717, 1.165) is 32.1 Å². The van der Waals surface area contributed by atoms with Crippen LogP contribution in [0.1, 0.15) is 100 Å². The van der Waals surface area contributed by atoms with Crippen LogP contribution < -0.4 is 16.4 Å². The number of carbonyl (C=O) groups is 5. The largest absolute Gasteiger partial charge is 0.444 e. The number of alkyl carbamates (subject to hydrolysis) is 1. The van der Waals surface area contributed by atoms with Crippen LogP contribution in [-0.2, 0) is 23.9 Å². The molecule has 0 radical (unpaired) electrons. The van der Waals surface area contributed by atoms with Crippen molar-refractivity contribution in [2.45, 2.75) is 124 Å². The van der Waals surface area contributed by atoms with Gasteiger partial charge in [-0.25, -0.2) is 4.79 Å². The Morgan fingerprint density at radius 3 is 2.08 bits per heavy atom. The molecule has 0 aromatic carbocycles. The van der Waals surface area contributed by atoms with Gasteiger partial charge in [-0.1, -0.05) is 53.9 Å². The number of nitrogens with one attached hydrogen (secondary N) is 2. The van der Waals surface area contributed by atoms with E-state index in [1.807, 2.05) is 20.8 Å². The molecule has 1 spiro atoms. The third-order valence-corrected chi connectivity index (χ3v) is 8.61. The van der Waals surface area contributed by atoms with E-state index < -0.39 is 52.8 Å². The standard InChI is InChI=1S/C30H50N4O6/c1-17(2)12-19-14-30(19)15-21(25(37)32-20(22(35)24(31)36)13-18-10-9-11-18)34(16-30)26(38)23(28(3,4)5)33-27(39)40-29(6,7)8/h17-21,23H,9-16H2,1-8H3,(H2,31,36)(H,32,37)(H,33,39)/t19?,20?,21?,23-,30?/m1/s1. The van der Waals surface area contributed by atoms with Crippen molar-refractivity contribution in [3.63, 3.8) is 0 Å². The van der Waals surface area contributed by atoms with Crippen LogP contribution in [0.4, 0.5) is 4.79 Å². The zero-order chi connectivity index (χ0) is 30.2. The summed E-state index contributed by atoms with van der Waals surface area (Å²) in [7, 11) is 0. The van der Waals surface area contributed by atoms with Gasteiger partial charge in [0.2, 0.25) is 17.6 Å². The van der Waals surface area contributed by atoms with Crippen LogP contribution in [-0.4, -0.2) is 64.8 Å². The average molecular weight is 563 g/mol. The van der Waals surface area contributed by atoms with Gasteiger partial charge in [-0.15, -0.1) is 0 Å². The highest BCUT2D eigenvalue weighted by molar-refractivity contribution is 6.37. The number of rotatable bonds is 10. The van der Waals surface area contributed by atoms with E-state index in [1.165, 1.54) is 0 Å². The number of Topliss-reactive ketones (excluding diaryl/α,β-unsaturated/α-hetero) is 1. The lowest BCUT2D eigenvalue weighted by Gasteiger charge is -2.36. The Balaban J connectivity index is 1.87. The quantitative estimate of drug-likeness (QED) is 0.348. The Bertz CT molecular complexity index is 1010. The number of nitrogens with two attached hydrogens (primary N) is 1. The van der Waals surface area contributed by atoms with Crippen molar-refractivity contribution in [1.82, 2.24) is 15.5 Å². The minimum absolute atomic E-state index is 0.173. The highest BCUT2D eigenvalue weighted by Gasteiger charge is 2.62. The number of ether oxygens (including phenoxy) is 1. The number of carbonyl (C=O) groups excluding carboxylic acids is 5. The molecule has 0 bridgehead atoms. The Morgan fingerprint density at radius 2 is 1.60 bits per heavy atom. The van der Waals surface area contributed by atoms with E-state index in [9.17, 15) is 24.0 Å². The Morgan fingerprint density at radius 1 is 0.975 bits per heavy atom. The van der Waals surface area contributed by atoms with Gasteiger partial charge < -0.3 is 26.0 Å². The maximum Gasteiger partial charge on any atom is 0.408 e. The van der Waals surface area contributed by atoms with Crippen LogP contribution in [0.15, 0.2) is 0 Å². The summed E-state index contributed by atoms with van der Waals surface area (Å²) in [5.74, 6) is -1.57. The first-order chi connectivity index (χ1) is 18.3. The van der Waals surface area contributed by atoms with E-state index in [0.29, 0.717) is 31.2 Å². The van der Waals surface area contributed by atoms with E-state index in [1.54, 1.807) is 25.7 Å². The number of primary amides is 1. The summed E-state index contributed by atoms with van der Waals surface area (Å²) < 4.78 is 5.44. The molecule has 5 atom stereocenters. The van der Waals surface area contributed by atoms with Gasteiger partial charge in [0.15, 0.2) is 0 Å². The highest BCUT2D eigenvalue weighted by atomic mass is 16.6. The van der Waals surface area contributed by atoms with E-state index in [2.05, 4.69) is 24.5 Å². The van der Waals surface area contributed by atoms with Crippen LogP contribution in [0, 0.1) is 28.6 Å². The number of nitrogens with zero attached hydrogens (tertiary/aromatic N) is 1. The Hall–Kier alpha value is -2.65. The van der Waals surface area contributed by atoms with Crippen molar-refractivity contribution in [2.75, 3.05) is 6.54 Å². The second kappa shape index (κ2) is 11.7. The van der Waals surface area contributed by atoms with Crippen LogP contribution in [0.25, 0.3) is 0 Å². The summed E-state index contributed by atoms with van der Waals surface area (Å²) in [6.45, 7) is 15.5. The molecule has 10 nitrogen and oxygen atoms in total. The third kappa shape index (κ3) is 7.75. The molecule has 10 heteroatoms. The molecule has 40 heavy (non-hydrogen) atoms. The molecule has 0 aromatic rings. The summed E-state index contributed by atoms with van der Waals surface area (Å²) in [6.07, 6.45) is 4.99. The lowest BCUT2D eigenvalue weighted by molar-refractivity contribution is -0.143. The topological polar surface area (TPSA) is 148 Å². The van der Waals surface area contributed by atoms with Crippen molar-refractivity contribution < 1.29 is 28.7 Å². The summed E-state index contributed by atoms with van der Waals surface area (Å²) in [6, 6.07) is -2.76. The minimum Gasteiger partial charge on any atom is -0.444 e. The molecule has 4 amide bonds. The molecule has 2 aliphatic carbocycles. The molecule has 3 aliphatic rings. The van der Waals surface area contributed by atoms with Crippen molar-refractivity contribution >= 4 is 29.6 Å². The fourth-order valence-corrected chi connectivity index (χ4v) is 6.23. The first-order valence-corrected chi connectivity index (χ1v) is 14.8. The number of hydrogen-bond donors (Lipinski definition) is 3. The summed E-state index contributed by atoms with van der Waals surface area (Å²) in [4.78, 5) is 66.7. The summed E-state index contributed by atoms with van der Waals surface area (Å²) in [5.41, 5.74) is 3.74. The molecule has 0 aromatic heterocycles. The lowest BCUT2D eigenvalue weighted by atomic mass is 9.80. The maximum absolute atomic E-state index is 14.1. The zero-order valence-corrected chi connectivity index (χ0v) is 25.6. The van der Waals surface area contributed by atoms with E-state index >= 15 is 0 Å². The van der Waals surface area contributed by atoms with Gasteiger partial charge in [-0.3, -0.25) is 19.2 Å². The zero-order valence-electron chi connectivity index (χ0n) is 25.6. The number of likely N-dealkylation sites (tertiary alicyclic amines) is 1. The second-order valence-corrected chi connectivity index (χ2v) is 14.8. The van der Waals surface area contributed by atoms with Crippen LogP contribution in [0.5, 0.6) is 0 Å². The van der Waals surface area contributed by atoms with Gasteiger partial charge in [0.05, 0.1) is 6.04 Å². The maximum atomic E-state index is 14.1. The Labute approximate surface area is 238 Å². The van der Waals surface area contributed by atoms with Gasteiger partial charge in [0, 0.05) is 6.54 Å². The SMILES string of the molecule is CC(C)CC1CC12CC(C(=O)NC(CC1CCC1)C(=O)C(N)=O)N(C(=O)[C@@H](NC(=O)OC(C)(C)C)C(C)(C)C)C2. The van der Waals surface area contributed by atoms with Gasteiger partial charge in [-0.2, -0.15) is 0 Å². The predicted molar refractivity (Wildman–Crippen MR) is 151 cm³/mol. The summed E-state index contributed by atoms with van der Waals surface area (Å²) >= 11 is 0. The molecule has 1 saturated heterocycles. The van der Waals surface area contributed by atoms with Gasteiger partial charge in [-0.05, 0) is 75.0 Å². The van der Waals surface area contributed by atoms with Gasteiger partial charge in [0.1, 0.15) is 17.7 Å². The predicted octanol–water partition coefficient (Wildman–Crippen LogP) is 3.31. The molecular weight excluding hydrogens is 512 g/mol. The lowest BCUT2D eigenvalue weighted by Crippen LogP contribution is -2.59. The van der Waals surface area contributed by atoms with Crippen molar-refractivity contribution in [2.24, 2.45) is 34.3 Å². The molecule has 3 rings (SSSR count). The number of hydrogen-bond acceptors (Lipinski definition) is 6. The van der Waals surface area contributed by atoms with Gasteiger partial charge in [0.25, 0.3) is 5.91 Å². The molecule has 4 N–H and O–H groups in total.